The first kappa shape index (κ1) is 11.9. The van der Waals surface area contributed by atoms with E-state index in [2.05, 4.69) is 0 Å². The molecule has 1 N–H and O–H groups in total. The van der Waals surface area contributed by atoms with E-state index in [1.807, 2.05) is 0 Å². The Kier molecular flexibility index (Phi) is 3.40. The normalized spacial score (nSPS) is 11.2. The van der Waals surface area contributed by atoms with E-state index in [1.165, 1.54) is 6.07 Å². The molecule has 0 atom stereocenters. The van der Waals surface area contributed by atoms with Gasteiger partial charge in [0.2, 0.25) is 6.20 Å². The molecule has 0 spiro atoms. The lowest BCUT2D eigenvalue weighted by Crippen LogP contribution is -2.00. The fourth-order valence-corrected chi connectivity index (χ4v) is 1.38. The molecule has 5 heteroatoms. The number of rotatable bonds is 3. The number of allylic oxidation sites excluding steroid dienone is 1. The molecule has 0 saturated heterocycles. The van der Waals surface area contributed by atoms with Crippen LogP contribution in [-0.2, 0) is 0 Å². The number of nitrogens with zero attached hydrogens (tertiary/aromatic N) is 1. The number of carboxylic acids is 1. The molecule has 16 heavy (non-hydrogen) atoms. The molecule has 0 radical (unpaired) electrons. The van der Waals surface area contributed by atoms with Gasteiger partial charge in [0.25, 0.3) is 0 Å². The average molecular weight is 221 g/mol. The van der Waals surface area contributed by atoms with E-state index in [1.54, 1.807) is 26.0 Å². The molecule has 0 amide bonds. The van der Waals surface area contributed by atoms with Crippen molar-refractivity contribution in [1.82, 2.24) is 0 Å². The lowest BCUT2D eigenvalue weighted by atomic mass is 10.0. The van der Waals surface area contributed by atoms with Crippen molar-refractivity contribution in [3.05, 3.63) is 51.2 Å². The molecule has 0 aromatic heterocycles. The SMILES string of the molecule is CC(=C[N+](=O)[O-])c1ccc(C(=O)O)c(C)c1. The standard InChI is InChI=1S/C11H11NO4/c1-7-5-9(8(2)6-12(15)16)3-4-10(7)11(13)14/h3-6H,1-2H3,(H,13,14). The van der Waals surface area contributed by atoms with Crippen LogP contribution in [0.5, 0.6) is 0 Å². The van der Waals surface area contributed by atoms with Crippen molar-refractivity contribution in [3.63, 3.8) is 0 Å². The fourth-order valence-electron chi connectivity index (χ4n) is 1.38. The fraction of sp³-hybridized carbons (Fsp3) is 0.182. The predicted octanol–water partition coefficient (Wildman–Crippen LogP) is 2.33. The summed E-state index contributed by atoms with van der Waals surface area (Å²) in [7, 11) is 0. The van der Waals surface area contributed by atoms with Gasteiger partial charge in [0.05, 0.1) is 10.5 Å². The van der Waals surface area contributed by atoms with Crippen LogP contribution in [0.4, 0.5) is 0 Å². The van der Waals surface area contributed by atoms with Crippen LogP contribution in [0.2, 0.25) is 0 Å². The number of hydrogen-bond donors (Lipinski definition) is 1. The molecule has 0 unspecified atom stereocenters. The Hall–Kier alpha value is -2.17. The minimum Gasteiger partial charge on any atom is -0.478 e. The number of benzene rings is 1. The Labute approximate surface area is 92.2 Å². The zero-order valence-corrected chi connectivity index (χ0v) is 8.93. The number of hydrogen-bond acceptors (Lipinski definition) is 3. The number of carboxylic acid groups (broad SMARTS) is 1. The van der Waals surface area contributed by atoms with Crippen molar-refractivity contribution < 1.29 is 14.8 Å². The molecule has 1 aromatic rings. The maximum absolute atomic E-state index is 10.8. The van der Waals surface area contributed by atoms with Crippen LogP contribution in [0.25, 0.3) is 5.57 Å². The molecule has 0 fully saturated rings. The van der Waals surface area contributed by atoms with Gasteiger partial charge in [-0.2, -0.15) is 0 Å². The van der Waals surface area contributed by atoms with Crippen molar-refractivity contribution in [2.75, 3.05) is 0 Å². The monoisotopic (exact) mass is 221 g/mol. The maximum atomic E-state index is 10.8. The van der Waals surface area contributed by atoms with Crippen LogP contribution in [0.15, 0.2) is 24.4 Å². The van der Waals surface area contributed by atoms with Gasteiger partial charge in [0, 0.05) is 5.57 Å². The molecule has 0 aliphatic rings. The Morgan fingerprint density at radius 1 is 1.50 bits per heavy atom. The molecule has 0 heterocycles. The molecule has 1 aromatic carbocycles. The van der Waals surface area contributed by atoms with Crippen LogP contribution in [0, 0.1) is 17.0 Å². The highest BCUT2D eigenvalue weighted by molar-refractivity contribution is 5.89. The largest absolute Gasteiger partial charge is 0.478 e. The Balaban J connectivity index is 3.16. The summed E-state index contributed by atoms with van der Waals surface area (Å²) >= 11 is 0. The van der Waals surface area contributed by atoms with Gasteiger partial charge in [-0.25, -0.2) is 4.79 Å². The van der Waals surface area contributed by atoms with Crippen molar-refractivity contribution in [3.8, 4) is 0 Å². The second kappa shape index (κ2) is 4.57. The van der Waals surface area contributed by atoms with Gasteiger partial charge in [-0.05, 0) is 31.0 Å². The van der Waals surface area contributed by atoms with Gasteiger partial charge < -0.3 is 5.11 Å². The number of carbonyl (C=O) groups is 1. The zero-order valence-electron chi connectivity index (χ0n) is 8.93. The third kappa shape index (κ3) is 2.66. The molecule has 0 saturated carbocycles. The van der Waals surface area contributed by atoms with E-state index in [9.17, 15) is 14.9 Å². The minimum absolute atomic E-state index is 0.206. The number of nitro groups is 1. The summed E-state index contributed by atoms with van der Waals surface area (Å²) in [4.78, 5) is 20.5. The molecule has 1 rings (SSSR count). The molecule has 0 bridgehead atoms. The van der Waals surface area contributed by atoms with E-state index in [0.717, 1.165) is 6.20 Å². The smallest absolute Gasteiger partial charge is 0.335 e. The summed E-state index contributed by atoms with van der Waals surface area (Å²) in [5, 5.41) is 19.1. The average Bonchev–Trinajstić information content (AvgIpc) is 2.15. The Morgan fingerprint density at radius 3 is 2.56 bits per heavy atom. The van der Waals surface area contributed by atoms with E-state index < -0.39 is 10.9 Å². The molecule has 0 aliphatic carbocycles. The predicted molar refractivity (Wildman–Crippen MR) is 58.8 cm³/mol. The van der Waals surface area contributed by atoms with Crippen LogP contribution in [-0.4, -0.2) is 16.0 Å². The first-order valence-corrected chi connectivity index (χ1v) is 4.58. The van der Waals surface area contributed by atoms with E-state index in [-0.39, 0.29) is 5.56 Å². The second-order valence-electron chi connectivity index (χ2n) is 3.43. The first-order valence-electron chi connectivity index (χ1n) is 4.58. The third-order valence-electron chi connectivity index (χ3n) is 2.21. The van der Waals surface area contributed by atoms with Crippen LogP contribution in [0.3, 0.4) is 0 Å². The quantitative estimate of drug-likeness (QED) is 0.627. The first-order chi connectivity index (χ1) is 7.41. The summed E-state index contributed by atoms with van der Waals surface area (Å²) in [5.74, 6) is -1.00. The van der Waals surface area contributed by atoms with Gasteiger partial charge >= 0.3 is 5.97 Å². The Bertz CT molecular complexity index is 477. The summed E-state index contributed by atoms with van der Waals surface area (Å²) in [6.07, 6.45) is 0.898. The topological polar surface area (TPSA) is 80.4 Å². The van der Waals surface area contributed by atoms with Crippen molar-refractivity contribution in [2.45, 2.75) is 13.8 Å². The van der Waals surface area contributed by atoms with Gasteiger partial charge in [0.15, 0.2) is 0 Å². The number of aromatic carboxylic acids is 1. The van der Waals surface area contributed by atoms with Gasteiger partial charge in [-0.1, -0.05) is 12.1 Å². The summed E-state index contributed by atoms with van der Waals surface area (Å²) < 4.78 is 0. The molecular formula is C11H11NO4. The highest BCUT2D eigenvalue weighted by Gasteiger charge is 2.08. The van der Waals surface area contributed by atoms with E-state index in [4.69, 9.17) is 5.11 Å². The second-order valence-corrected chi connectivity index (χ2v) is 3.43. The van der Waals surface area contributed by atoms with Gasteiger partial charge in [-0.15, -0.1) is 0 Å². The zero-order chi connectivity index (χ0) is 12.3. The molecule has 84 valence electrons. The summed E-state index contributed by atoms with van der Waals surface area (Å²) in [6.45, 7) is 3.27. The molecule has 0 aliphatic heterocycles. The highest BCUT2D eigenvalue weighted by Crippen LogP contribution is 2.18. The maximum Gasteiger partial charge on any atom is 0.335 e. The number of aryl methyl sites for hydroxylation is 1. The summed E-state index contributed by atoms with van der Waals surface area (Å²) in [6, 6.07) is 4.63. The van der Waals surface area contributed by atoms with Crippen molar-refractivity contribution in [1.29, 1.82) is 0 Å². The highest BCUT2D eigenvalue weighted by atomic mass is 16.6. The molecular weight excluding hydrogens is 210 g/mol. The Morgan fingerprint density at radius 2 is 2.12 bits per heavy atom. The van der Waals surface area contributed by atoms with Crippen LogP contribution in [0.1, 0.15) is 28.4 Å². The van der Waals surface area contributed by atoms with Crippen molar-refractivity contribution in [2.24, 2.45) is 0 Å². The van der Waals surface area contributed by atoms with Crippen molar-refractivity contribution >= 4 is 11.5 Å². The summed E-state index contributed by atoms with van der Waals surface area (Å²) in [5.41, 5.74) is 1.93. The van der Waals surface area contributed by atoms with Crippen LogP contribution >= 0.6 is 0 Å². The van der Waals surface area contributed by atoms with Gasteiger partial charge in [-0.3, -0.25) is 10.1 Å². The third-order valence-corrected chi connectivity index (χ3v) is 2.21. The van der Waals surface area contributed by atoms with Gasteiger partial charge in [0.1, 0.15) is 0 Å². The van der Waals surface area contributed by atoms with E-state index in [0.29, 0.717) is 16.7 Å². The molecule has 5 nitrogen and oxygen atoms in total. The lowest BCUT2D eigenvalue weighted by Gasteiger charge is -2.04. The van der Waals surface area contributed by atoms with Crippen LogP contribution < -0.4 is 0 Å². The van der Waals surface area contributed by atoms with E-state index >= 15 is 0 Å². The lowest BCUT2D eigenvalue weighted by molar-refractivity contribution is -0.401. The minimum atomic E-state index is -1.00.